The van der Waals surface area contributed by atoms with Gasteiger partial charge in [-0.15, -0.1) is 0 Å². The number of aliphatic hydroxyl groups is 1. The summed E-state index contributed by atoms with van der Waals surface area (Å²) in [7, 11) is 1.64. The van der Waals surface area contributed by atoms with Crippen LogP contribution in [0.3, 0.4) is 0 Å². The second-order valence-corrected chi connectivity index (χ2v) is 7.39. The first-order chi connectivity index (χ1) is 13.6. The van der Waals surface area contributed by atoms with Gasteiger partial charge in [0.15, 0.2) is 0 Å². The zero-order valence-corrected chi connectivity index (χ0v) is 16.0. The first kappa shape index (κ1) is 18.8. The Balaban J connectivity index is 1.31. The summed E-state index contributed by atoms with van der Waals surface area (Å²) in [6.07, 6.45) is 1.70. The number of likely N-dealkylation sites (tertiary alicyclic amines) is 1. The average molecular weight is 383 g/mol. The van der Waals surface area contributed by atoms with Gasteiger partial charge in [0.05, 0.1) is 20.3 Å². The van der Waals surface area contributed by atoms with Gasteiger partial charge in [0.2, 0.25) is 0 Å². The highest BCUT2D eigenvalue weighted by Crippen LogP contribution is 2.29. The third-order valence-corrected chi connectivity index (χ3v) is 5.44. The molecule has 2 aromatic rings. The number of piperidine rings is 1. The maximum absolute atomic E-state index is 12.8. The predicted octanol–water partition coefficient (Wildman–Crippen LogP) is 2.60. The number of carbonyl (C=O) groups is 1. The highest BCUT2D eigenvalue weighted by Gasteiger charge is 2.38. The smallest absolute Gasteiger partial charge is 0.253 e. The zero-order chi connectivity index (χ0) is 19.6. The van der Waals surface area contributed by atoms with E-state index in [2.05, 4.69) is 0 Å². The number of methoxy groups -OCH3 is 1. The van der Waals surface area contributed by atoms with Crippen LogP contribution < -0.4 is 9.47 Å². The van der Waals surface area contributed by atoms with Crippen molar-refractivity contribution in [2.45, 2.75) is 24.5 Å². The Morgan fingerprint density at radius 2 is 1.64 bits per heavy atom. The fourth-order valence-electron chi connectivity index (χ4n) is 3.59. The standard InChI is InChI=1S/C22H25NO5/c1-26-18-6-8-19(9-7-18)28-20-10-12-23(13-11-20)21(24)16-2-4-17(5-3-16)22(25)14-27-15-22/h2-9,20,25H,10-15H2,1H3. The SMILES string of the molecule is COc1ccc(OC2CCN(C(=O)c3ccc(C4(O)COC4)cc3)CC2)cc1. The summed E-state index contributed by atoms with van der Waals surface area (Å²) < 4.78 is 16.3. The van der Waals surface area contributed by atoms with Gasteiger partial charge in [-0.1, -0.05) is 12.1 Å². The normalized spacial score (nSPS) is 19.0. The van der Waals surface area contributed by atoms with Crippen LogP contribution in [-0.2, 0) is 10.3 Å². The van der Waals surface area contributed by atoms with Crippen molar-refractivity contribution < 1.29 is 24.1 Å². The molecule has 0 unspecified atom stereocenters. The summed E-state index contributed by atoms with van der Waals surface area (Å²) in [4.78, 5) is 14.6. The Bertz CT molecular complexity index is 806. The highest BCUT2D eigenvalue weighted by molar-refractivity contribution is 5.94. The van der Waals surface area contributed by atoms with E-state index >= 15 is 0 Å². The van der Waals surface area contributed by atoms with Gasteiger partial charge in [-0.25, -0.2) is 0 Å². The Morgan fingerprint density at radius 1 is 1.04 bits per heavy atom. The fourth-order valence-corrected chi connectivity index (χ4v) is 3.59. The largest absolute Gasteiger partial charge is 0.497 e. The molecule has 2 fully saturated rings. The monoisotopic (exact) mass is 383 g/mol. The topological polar surface area (TPSA) is 68.2 Å². The molecule has 0 aliphatic carbocycles. The average Bonchev–Trinajstić information content (AvgIpc) is 2.73. The van der Waals surface area contributed by atoms with Gasteiger partial charge in [0.1, 0.15) is 23.2 Å². The fraction of sp³-hybridized carbons (Fsp3) is 0.409. The number of ether oxygens (including phenoxy) is 3. The van der Waals surface area contributed by atoms with Crippen LogP contribution in [0, 0.1) is 0 Å². The van der Waals surface area contributed by atoms with Gasteiger partial charge >= 0.3 is 0 Å². The summed E-state index contributed by atoms with van der Waals surface area (Å²) in [5.41, 5.74) is 0.530. The lowest BCUT2D eigenvalue weighted by atomic mass is 9.91. The number of hydrogen-bond donors (Lipinski definition) is 1. The van der Waals surface area contributed by atoms with Crippen LogP contribution in [0.2, 0.25) is 0 Å². The van der Waals surface area contributed by atoms with Gasteiger partial charge in [-0.3, -0.25) is 4.79 Å². The van der Waals surface area contributed by atoms with Gasteiger partial charge < -0.3 is 24.2 Å². The molecule has 0 radical (unpaired) electrons. The summed E-state index contributed by atoms with van der Waals surface area (Å²) in [6, 6.07) is 14.8. The van der Waals surface area contributed by atoms with Crippen molar-refractivity contribution in [3.63, 3.8) is 0 Å². The second-order valence-electron chi connectivity index (χ2n) is 7.39. The van der Waals surface area contributed by atoms with Crippen molar-refractivity contribution in [3.05, 3.63) is 59.7 Å². The number of hydrogen-bond acceptors (Lipinski definition) is 5. The van der Waals surface area contributed by atoms with Crippen LogP contribution in [0.4, 0.5) is 0 Å². The van der Waals surface area contributed by atoms with Crippen molar-refractivity contribution in [1.82, 2.24) is 4.90 Å². The molecule has 2 heterocycles. The summed E-state index contributed by atoms with van der Waals surface area (Å²) in [5.74, 6) is 1.64. The predicted molar refractivity (Wildman–Crippen MR) is 104 cm³/mol. The molecule has 0 atom stereocenters. The van der Waals surface area contributed by atoms with Gasteiger partial charge in [-0.05, 0) is 42.0 Å². The lowest BCUT2D eigenvalue weighted by Crippen LogP contribution is -2.46. The minimum Gasteiger partial charge on any atom is -0.497 e. The minimum atomic E-state index is -0.904. The lowest BCUT2D eigenvalue weighted by molar-refractivity contribution is -0.184. The van der Waals surface area contributed by atoms with Crippen LogP contribution in [0.5, 0.6) is 11.5 Å². The zero-order valence-electron chi connectivity index (χ0n) is 16.0. The van der Waals surface area contributed by atoms with Crippen LogP contribution in [0.15, 0.2) is 48.5 Å². The number of rotatable bonds is 5. The molecular weight excluding hydrogens is 358 g/mol. The molecule has 0 spiro atoms. The van der Waals surface area contributed by atoms with Gasteiger partial charge in [-0.2, -0.15) is 0 Å². The molecule has 1 amide bonds. The first-order valence-corrected chi connectivity index (χ1v) is 9.58. The molecule has 28 heavy (non-hydrogen) atoms. The van der Waals surface area contributed by atoms with Crippen LogP contribution >= 0.6 is 0 Å². The minimum absolute atomic E-state index is 0.0197. The van der Waals surface area contributed by atoms with E-state index in [1.807, 2.05) is 41.3 Å². The van der Waals surface area contributed by atoms with E-state index in [9.17, 15) is 9.90 Å². The van der Waals surface area contributed by atoms with Crippen LogP contribution in [-0.4, -0.2) is 55.4 Å². The van der Waals surface area contributed by atoms with Crippen molar-refractivity contribution in [2.24, 2.45) is 0 Å². The summed E-state index contributed by atoms with van der Waals surface area (Å²) in [6.45, 7) is 1.95. The van der Waals surface area contributed by atoms with E-state index < -0.39 is 5.60 Å². The number of benzene rings is 2. The van der Waals surface area contributed by atoms with Crippen molar-refractivity contribution in [3.8, 4) is 11.5 Å². The lowest BCUT2D eigenvalue weighted by Gasteiger charge is -2.37. The number of carbonyl (C=O) groups excluding carboxylic acids is 1. The van der Waals surface area contributed by atoms with E-state index in [1.54, 1.807) is 19.2 Å². The van der Waals surface area contributed by atoms with Crippen molar-refractivity contribution >= 4 is 5.91 Å². The Kier molecular flexibility index (Phi) is 5.24. The van der Waals surface area contributed by atoms with Crippen LogP contribution in [0.1, 0.15) is 28.8 Å². The maximum Gasteiger partial charge on any atom is 0.253 e. The van der Waals surface area contributed by atoms with Crippen molar-refractivity contribution in [1.29, 1.82) is 0 Å². The molecule has 0 aromatic heterocycles. The molecule has 0 bridgehead atoms. The van der Waals surface area contributed by atoms with Gasteiger partial charge in [0.25, 0.3) is 5.91 Å². The van der Waals surface area contributed by atoms with Crippen molar-refractivity contribution in [2.75, 3.05) is 33.4 Å². The van der Waals surface area contributed by atoms with E-state index in [4.69, 9.17) is 14.2 Å². The molecule has 2 aliphatic heterocycles. The second kappa shape index (κ2) is 7.81. The van der Waals surface area contributed by atoms with Crippen LogP contribution in [0.25, 0.3) is 0 Å². The molecule has 6 heteroatoms. The third-order valence-electron chi connectivity index (χ3n) is 5.44. The maximum atomic E-state index is 12.8. The molecule has 2 aliphatic rings. The van der Waals surface area contributed by atoms with E-state index in [1.165, 1.54) is 0 Å². The molecule has 2 aromatic carbocycles. The molecular formula is C22H25NO5. The Morgan fingerprint density at radius 3 is 2.18 bits per heavy atom. The van der Waals surface area contributed by atoms with E-state index in [0.29, 0.717) is 31.9 Å². The molecule has 0 saturated carbocycles. The highest BCUT2D eigenvalue weighted by atomic mass is 16.5. The van der Waals surface area contributed by atoms with Gasteiger partial charge in [0, 0.05) is 31.5 Å². The first-order valence-electron chi connectivity index (χ1n) is 9.58. The summed E-state index contributed by atoms with van der Waals surface area (Å²) in [5, 5.41) is 10.3. The molecule has 2 saturated heterocycles. The number of amides is 1. The Labute approximate surface area is 164 Å². The quantitative estimate of drug-likeness (QED) is 0.860. The molecule has 6 nitrogen and oxygen atoms in total. The number of nitrogens with zero attached hydrogens (tertiary/aromatic N) is 1. The van der Waals surface area contributed by atoms with E-state index in [-0.39, 0.29) is 12.0 Å². The molecule has 1 N–H and O–H groups in total. The van der Waals surface area contributed by atoms with E-state index in [0.717, 1.165) is 29.9 Å². The molecule has 148 valence electrons. The third kappa shape index (κ3) is 3.84. The molecule has 4 rings (SSSR count). The summed E-state index contributed by atoms with van der Waals surface area (Å²) >= 11 is 0. The Hall–Kier alpha value is -2.57.